The maximum Gasteiger partial charge on any atom is 0.344 e. The van der Waals surface area contributed by atoms with Crippen molar-refractivity contribution in [3.05, 3.63) is 23.1 Å². The third kappa shape index (κ3) is 3.05. The first-order valence-electron chi connectivity index (χ1n) is 6.31. The van der Waals surface area contributed by atoms with E-state index in [-0.39, 0.29) is 5.69 Å². The molecular weight excluding hydrogens is 248 g/mol. The molecule has 0 spiro atoms. The molecule has 0 aromatic carbocycles. The van der Waals surface area contributed by atoms with Crippen LogP contribution in [0.1, 0.15) is 19.3 Å². The van der Waals surface area contributed by atoms with Crippen LogP contribution in [0.25, 0.3) is 0 Å². The predicted molar refractivity (Wildman–Crippen MR) is 74.0 cm³/mol. The molecule has 1 fully saturated rings. The Bertz CT molecular complexity index is 453. The van der Waals surface area contributed by atoms with Crippen molar-refractivity contribution in [1.82, 2.24) is 19.7 Å². The average molecular weight is 268 g/mol. The third-order valence-corrected chi connectivity index (χ3v) is 4.40. The first-order chi connectivity index (χ1) is 8.72. The molecule has 1 atom stereocenters. The van der Waals surface area contributed by atoms with Gasteiger partial charge in [0.25, 0.3) is 0 Å². The van der Waals surface area contributed by atoms with Gasteiger partial charge in [0, 0.05) is 18.3 Å². The summed E-state index contributed by atoms with van der Waals surface area (Å²) in [6, 6.07) is 0.691. The Balaban J connectivity index is 1.86. The Kier molecular flexibility index (Phi) is 4.66. The Morgan fingerprint density at radius 1 is 1.67 bits per heavy atom. The summed E-state index contributed by atoms with van der Waals surface area (Å²) >= 11 is 1.64. The number of nitrogens with zero attached hydrogens (tertiary/aromatic N) is 3. The fourth-order valence-electron chi connectivity index (χ4n) is 2.33. The van der Waals surface area contributed by atoms with E-state index in [9.17, 15) is 4.79 Å². The molecule has 5 nitrogen and oxygen atoms in total. The van der Waals surface area contributed by atoms with Crippen LogP contribution in [0.5, 0.6) is 0 Å². The predicted octanol–water partition coefficient (Wildman–Crippen LogP) is 1.33. The molecule has 0 radical (unpaired) electrons. The number of likely N-dealkylation sites (tertiary alicyclic amines) is 1. The van der Waals surface area contributed by atoms with Crippen LogP contribution in [0.15, 0.2) is 22.6 Å². The number of rotatable bonds is 6. The molecule has 2 rings (SSSR count). The van der Waals surface area contributed by atoms with Crippen molar-refractivity contribution in [1.29, 1.82) is 0 Å². The first-order valence-corrected chi connectivity index (χ1v) is 7.30. The van der Waals surface area contributed by atoms with Crippen molar-refractivity contribution in [3.8, 4) is 0 Å². The molecule has 1 aromatic heterocycles. The van der Waals surface area contributed by atoms with E-state index in [1.165, 1.54) is 19.4 Å². The van der Waals surface area contributed by atoms with Gasteiger partial charge < -0.3 is 4.90 Å². The minimum Gasteiger partial charge on any atom is -0.303 e. The van der Waals surface area contributed by atoms with Gasteiger partial charge in [-0.05, 0) is 32.9 Å². The Labute approximate surface area is 111 Å². The van der Waals surface area contributed by atoms with Gasteiger partial charge in [-0.2, -0.15) is 0 Å². The third-order valence-electron chi connectivity index (χ3n) is 3.39. The van der Waals surface area contributed by atoms with Gasteiger partial charge in [0.15, 0.2) is 5.16 Å². The topological polar surface area (TPSA) is 53.9 Å². The Hall–Kier alpha value is -1.01. The van der Waals surface area contributed by atoms with E-state index in [2.05, 4.69) is 28.7 Å². The molecule has 6 heteroatoms. The van der Waals surface area contributed by atoms with Crippen molar-refractivity contribution in [2.75, 3.05) is 19.3 Å². The highest BCUT2D eigenvalue weighted by Gasteiger charge is 2.20. The van der Waals surface area contributed by atoms with Gasteiger partial charge in [0.05, 0.1) is 0 Å². The summed E-state index contributed by atoms with van der Waals surface area (Å²) in [5.74, 6) is 0.996. The van der Waals surface area contributed by atoms with Crippen LogP contribution < -0.4 is 5.69 Å². The smallest absolute Gasteiger partial charge is 0.303 e. The van der Waals surface area contributed by atoms with E-state index in [0.717, 1.165) is 17.3 Å². The van der Waals surface area contributed by atoms with Crippen LogP contribution in [0.4, 0.5) is 0 Å². The summed E-state index contributed by atoms with van der Waals surface area (Å²) in [4.78, 5) is 13.9. The van der Waals surface area contributed by atoms with Crippen LogP contribution >= 0.6 is 11.8 Å². The number of aromatic amines is 1. The number of hydrogen-bond donors (Lipinski definition) is 1. The highest BCUT2D eigenvalue weighted by molar-refractivity contribution is 7.99. The molecule has 1 aromatic rings. The van der Waals surface area contributed by atoms with Crippen LogP contribution in [0.3, 0.4) is 0 Å². The van der Waals surface area contributed by atoms with Crippen LogP contribution in [-0.2, 0) is 6.54 Å². The van der Waals surface area contributed by atoms with Gasteiger partial charge in [-0.1, -0.05) is 17.8 Å². The van der Waals surface area contributed by atoms with Crippen molar-refractivity contribution in [3.63, 3.8) is 0 Å². The SMILES string of the molecule is C=CCn1c(SCC[C@H]2CCCN2C)n[nH]c1=O. The summed E-state index contributed by atoms with van der Waals surface area (Å²) in [5, 5.41) is 7.30. The first kappa shape index (κ1) is 13.4. The standard InChI is InChI=1S/C12H20N4OS/c1-3-7-16-11(17)13-14-12(16)18-9-6-10-5-4-8-15(10)2/h3,10H,1,4-9H2,2H3,(H,13,17)/t10-/m1/s1. The van der Waals surface area contributed by atoms with Crippen molar-refractivity contribution in [2.45, 2.75) is 37.0 Å². The van der Waals surface area contributed by atoms with Gasteiger partial charge in [-0.3, -0.25) is 4.57 Å². The van der Waals surface area contributed by atoms with Crippen LogP contribution in [-0.4, -0.2) is 45.1 Å². The normalized spacial score (nSPS) is 20.4. The van der Waals surface area contributed by atoms with E-state index in [1.807, 2.05) is 0 Å². The highest BCUT2D eigenvalue weighted by Crippen LogP contribution is 2.22. The lowest BCUT2D eigenvalue weighted by molar-refractivity contribution is 0.305. The summed E-state index contributed by atoms with van der Waals surface area (Å²) in [6.45, 7) is 5.38. The molecular formula is C12H20N4OS. The summed E-state index contributed by atoms with van der Waals surface area (Å²) in [5.41, 5.74) is -0.157. The molecule has 1 N–H and O–H groups in total. The molecule has 0 aliphatic carbocycles. The van der Waals surface area contributed by atoms with Gasteiger partial charge in [-0.15, -0.1) is 11.7 Å². The monoisotopic (exact) mass is 268 g/mol. The second-order valence-corrected chi connectivity index (χ2v) is 5.69. The largest absolute Gasteiger partial charge is 0.344 e. The zero-order valence-corrected chi connectivity index (χ0v) is 11.6. The molecule has 1 aliphatic rings. The molecule has 18 heavy (non-hydrogen) atoms. The maximum atomic E-state index is 11.5. The molecule has 1 aliphatic heterocycles. The van der Waals surface area contributed by atoms with E-state index in [4.69, 9.17) is 0 Å². The van der Waals surface area contributed by atoms with Gasteiger partial charge >= 0.3 is 5.69 Å². The van der Waals surface area contributed by atoms with E-state index in [1.54, 1.807) is 22.4 Å². The number of thioether (sulfide) groups is 1. The molecule has 0 unspecified atom stereocenters. The number of nitrogens with one attached hydrogen (secondary N) is 1. The quantitative estimate of drug-likeness (QED) is 0.625. The summed E-state index contributed by atoms with van der Waals surface area (Å²) in [7, 11) is 2.19. The number of aromatic nitrogens is 3. The average Bonchev–Trinajstić information content (AvgIpc) is 2.90. The highest BCUT2D eigenvalue weighted by atomic mass is 32.2. The van der Waals surface area contributed by atoms with E-state index >= 15 is 0 Å². The van der Waals surface area contributed by atoms with Crippen molar-refractivity contribution < 1.29 is 0 Å². The minimum absolute atomic E-state index is 0.157. The van der Waals surface area contributed by atoms with Gasteiger partial charge in [-0.25, -0.2) is 9.89 Å². The molecule has 0 bridgehead atoms. The van der Waals surface area contributed by atoms with Gasteiger partial charge in [0.2, 0.25) is 0 Å². The van der Waals surface area contributed by atoms with Crippen molar-refractivity contribution >= 4 is 11.8 Å². The zero-order valence-electron chi connectivity index (χ0n) is 10.8. The zero-order chi connectivity index (χ0) is 13.0. The number of allylic oxidation sites excluding steroid dienone is 1. The summed E-state index contributed by atoms with van der Waals surface area (Å²) < 4.78 is 1.62. The van der Waals surface area contributed by atoms with Crippen molar-refractivity contribution in [2.24, 2.45) is 0 Å². The fraction of sp³-hybridized carbons (Fsp3) is 0.667. The number of hydrogen-bond acceptors (Lipinski definition) is 4. The second kappa shape index (κ2) is 6.24. The maximum absolute atomic E-state index is 11.5. The van der Waals surface area contributed by atoms with E-state index in [0.29, 0.717) is 12.6 Å². The lowest BCUT2D eigenvalue weighted by Crippen LogP contribution is -2.25. The second-order valence-electron chi connectivity index (χ2n) is 4.62. The molecule has 0 saturated carbocycles. The molecule has 1 saturated heterocycles. The lowest BCUT2D eigenvalue weighted by Gasteiger charge is -2.18. The van der Waals surface area contributed by atoms with Crippen LogP contribution in [0, 0.1) is 0 Å². The molecule has 2 heterocycles. The fourth-order valence-corrected chi connectivity index (χ4v) is 3.33. The Morgan fingerprint density at radius 2 is 2.50 bits per heavy atom. The number of H-pyrrole nitrogens is 1. The molecule has 0 amide bonds. The van der Waals surface area contributed by atoms with E-state index < -0.39 is 0 Å². The Morgan fingerprint density at radius 3 is 3.17 bits per heavy atom. The lowest BCUT2D eigenvalue weighted by atomic mass is 10.2. The minimum atomic E-state index is -0.157. The van der Waals surface area contributed by atoms with Gasteiger partial charge in [0.1, 0.15) is 0 Å². The summed E-state index contributed by atoms with van der Waals surface area (Å²) in [6.07, 6.45) is 5.45. The molecule has 100 valence electrons. The van der Waals surface area contributed by atoms with Crippen LogP contribution in [0.2, 0.25) is 0 Å².